The molecule has 3 aliphatic heterocycles. The molecule has 0 aromatic heterocycles. The molecule has 2 saturated heterocycles. The lowest BCUT2D eigenvalue weighted by Gasteiger charge is -2.30. The van der Waals surface area contributed by atoms with E-state index in [1.165, 1.54) is 4.90 Å². The molecule has 1 spiro atoms. The van der Waals surface area contributed by atoms with Crippen LogP contribution in [0, 0.1) is 11.8 Å². The number of likely N-dealkylation sites (tertiary alicyclic amines) is 1. The van der Waals surface area contributed by atoms with Gasteiger partial charge in [0.15, 0.2) is 11.5 Å². The second-order valence-electron chi connectivity index (χ2n) is 10.2. The highest BCUT2D eigenvalue weighted by Crippen LogP contribution is 2.54. The number of hydrogen-bond acceptors (Lipinski definition) is 7. The Labute approximate surface area is 236 Å². The largest absolute Gasteiger partial charge is 0.493 e. The molecule has 0 unspecified atom stereocenters. The average molecular weight is 562 g/mol. The first-order valence-electron chi connectivity index (χ1n) is 13.0. The SMILES string of the molecule is COc1ccc(CCN2C(=O)[C@@H]3[C@H]([C@H](O)c4ccc(Cl)cc4)N[C@]4(C(=O)Nc5ccccc54)[C@@H]3C2=O)cc1OC. The Morgan fingerprint density at radius 1 is 0.975 bits per heavy atom. The fraction of sp³-hybridized carbons (Fsp3) is 0.300. The van der Waals surface area contributed by atoms with Gasteiger partial charge in [-0.3, -0.25) is 24.6 Å². The van der Waals surface area contributed by atoms with Crippen molar-refractivity contribution in [1.29, 1.82) is 0 Å². The van der Waals surface area contributed by atoms with E-state index in [9.17, 15) is 19.5 Å². The van der Waals surface area contributed by atoms with E-state index in [0.29, 0.717) is 39.8 Å². The van der Waals surface area contributed by atoms with Crippen LogP contribution in [-0.4, -0.2) is 54.5 Å². The van der Waals surface area contributed by atoms with E-state index in [0.717, 1.165) is 5.56 Å². The molecule has 3 heterocycles. The molecule has 6 rings (SSSR count). The normalized spacial score (nSPS) is 25.6. The van der Waals surface area contributed by atoms with Gasteiger partial charge in [0, 0.05) is 22.8 Å². The second kappa shape index (κ2) is 9.92. The number of ether oxygens (including phenoxy) is 2. The summed E-state index contributed by atoms with van der Waals surface area (Å²) in [6, 6.07) is 18.3. The Morgan fingerprint density at radius 2 is 1.70 bits per heavy atom. The van der Waals surface area contributed by atoms with E-state index in [2.05, 4.69) is 10.6 Å². The molecule has 10 heteroatoms. The minimum atomic E-state index is -1.50. The number of hydrogen-bond donors (Lipinski definition) is 3. The van der Waals surface area contributed by atoms with E-state index in [1.54, 1.807) is 68.8 Å². The molecule has 206 valence electrons. The minimum absolute atomic E-state index is 0.114. The Morgan fingerprint density at radius 3 is 2.42 bits per heavy atom. The number of fused-ring (bicyclic) bond motifs is 4. The summed E-state index contributed by atoms with van der Waals surface area (Å²) < 4.78 is 10.7. The maximum absolute atomic E-state index is 14.0. The van der Waals surface area contributed by atoms with Crippen molar-refractivity contribution in [2.75, 3.05) is 26.1 Å². The summed E-state index contributed by atoms with van der Waals surface area (Å²) in [6.45, 7) is 0.114. The van der Waals surface area contributed by atoms with Crippen molar-refractivity contribution >= 4 is 35.0 Å². The molecule has 0 saturated carbocycles. The van der Waals surface area contributed by atoms with Crippen molar-refractivity contribution in [3.8, 4) is 11.5 Å². The lowest BCUT2D eigenvalue weighted by molar-refractivity contribution is -0.143. The lowest BCUT2D eigenvalue weighted by atomic mass is 9.76. The van der Waals surface area contributed by atoms with Crippen molar-refractivity contribution in [2.24, 2.45) is 11.8 Å². The number of aliphatic hydroxyl groups excluding tert-OH is 1. The summed E-state index contributed by atoms with van der Waals surface area (Å²) in [4.78, 5) is 42.9. The molecule has 3 aliphatic rings. The number of amides is 3. The Balaban J connectivity index is 1.37. The van der Waals surface area contributed by atoms with Gasteiger partial charge in [-0.05, 0) is 47.9 Å². The summed E-state index contributed by atoms with van der Waals surface area (Å²) >= 11 is 6.05. The third kappa shape index (κ3) is 3.88. The highest BCUT2D eigenvalue weighted by molar-refractivity contribution is 6.30. The van der Waals surface area contributed by atoms with Crippen LogP contribution in [0.2, 0.25) is 5.02 Å². The van der Waals surface area contributed by atoms with Crippen LogP contribution in [0.25, 0.3) is 0 Å². The van der Waals surface area contributed by atoms with Gasteiger partial charge in [-0.15, -0.1) is 0 Å². The predicted molar refractivity (Wildman–Crippen MR) is 147 cm³/mol. The molecule has 40 heavy (non-hydrogen) atoms. The number of anilines is 1. The summed E-state index contributed by atoms with van der Waals surface area (Å²) in [5, 5.41) is 18.1. The first-order chi connectivity index (χ1) is 19.3. The summed E-state index contributed by atoms with van der Waals surface area (Å²) in [6.07, 6.45) is -0.794. The van der Waals surface area contributed by atoms with Gasteiger partial charge >= 0.3 is 0 Å². The van der Waals surface area contributed by atoms with Gasteiger partial charge in [-0.25, -0.2) is 0 Å². The van der Waals surface area contributed by atoms with Gasteiger partial charge in [-0.1, -0.05) is 48.0 Å². The molecule has 3 aromatic carbocycles. The third-order valence-corrected chi connectivity index (χ3v) is 8.52. The number of halogens is 1. The molecule has 0 aliphatic carbocycles. The van der Waals surface area contributed by atoms with Crippen LogP contribution in [-0.2, 0) is 26.3 Å². The number of rotatable bonds is 7. The van der Waals surface area contributed by atoms with E-state index >= 15 is 0 Å². The zero-order chi connectivity index (χ0) is 28.2. The molecular weight excluding hydrogens is 534 g/mol. The van der Waals surface area contributed by atoms with E-state index < -0.39 is 47.2 Å². The Bertz CT molecular complexity index is 1510. The number of nitrogens with zero attached hydrogens (tertiary/aromatic N) is 1. The van der Waals surface area contributed by atoms with Crippen LogP contribution in [0.15, 0.2) is 66.7 Å². The Kier molecular flexibility index (Phi) is 6.53. The number of aliphatic hydroxyl groups is 1. The van der Waals surface area contributed by atoms with Gasteiger partial charge in [0.25, 0.3) is 0 Å². The predicted octanol–water partition coefficient (Wildman–Crippen LogP) is 3.05. The van der Waals surface area contributed by atoms with E-state index in [1.807, 2.05) is 12.1 Å². The quantitative estimate of drug-likeness (QED) is 0.380. The maximum Gasteiger partial charge on any atom is 0.250 e. The Hall–Kier alpha value is -3.92. The number of carbonyl (C=O) groups excluding carboxylic acids is 3. The third-order valence-electron chi connectivity index (χ3n) is 8.27. The number of nitrogens with one attached hydrogen (secondary N) is 2. The number of para-hydroxylation sites is 1. The average Bonchev–Trinajstić information content (AvgIpc) is 3.56. The van der Waals surface area contributed by atoms with Gasteiger partial charge in [0.2, 0.25) is 17.7 Å². The van der Waals surface area contributed by atoms with Gasteiger partial charge < -0.3 is 19.9 Å². The number of imide groups is 1. The van der Waals surface area contributed by atoms with Crippen molar-refractivity contribution in [3.63, 3.8) is 0 Å². The first-order valence-corrected chi connectivity index (χ1v) is 13.4. The topological polar surface area (TPSA) is 117 Å². The van der Waals surface area contributed by atoms with Crippen molar-refractivity contribution in [3.05, 3.63) is 88.4 Å². The van der Waals surface area contributed by atoms with Crippen molar-refractivity contribution < 1.29 is 29.0 Å². The molecular formula is C30H28ClN3O6. The molecule has 3 aromatic rings. The second-order valence-corrected chi connectivity index (χ2v) is 10.7. The molecule has 2 fully saturated rings. The lowest BCUT2D eigenvalue weighted by Crippen LogP contribution is -2.54. The maximum atomic E-state index is 14.0. The summed E-state index contributed by atoms with van der Waals surface area (Å²) in [5.74, 6) is -2.15. The van der Waals surface area contributed by atoms with Crippen LogP contribution >= 0.6 is 11.6 Å². The molecule has 5 atom stereocenters. The number of carbonyl (C=O) groups is 3. The first kappa shape index (κ1) is 26.3. The number of benzene rings is 3. The van der Waals surface area contributed by atoms with Gasteiger partial charge in [0.1, 0.15) is 5.54 Å². The van der Waals surface area contributed by atoms with Gasteiger partial charge in [-0.2, -0.15) is 0 Å². The van der Waals surface area contributed by atoms with Crippen LogP contribution in [0.3, 0.4) is 0 Å². The molecule has 0 bridgehead atoms. The van der Waals surface area contributed by atoms with Crippen LogP contribution in [0.5, 0.6) is 11.5 Å². The fourth-order valence-corrected chi connectivity index (χ4v) is 6.51. The summed E-state index contributed by atoms with van der Waals surface area (Å²) in [7, 11) is 3.09. The molecule has 3 amide bonds. The van der Waals surface area contributed by atoms with E-state index in [4.69, 9.17) is 21.1 Å². The summed E-state index contributed by atoms with van der Waals surface area (Å²) in [5.41, 5.74) is 1.04. The molecule has 9 nitrogen and oxygen atoms in total. The zero-order valence-electron chi connectivity index (χ0n) is 21.9. The highest BCUT2D eigenvalue weighted by atomic mass is 35.5. The minimum Gasteiger partial charge on any atom is -0.493 e. The van der Waals surface area contributed by atoms with Crippen LogP contribution in [0.1, 0.15) is 22.8 Å². The standard InChI is InChI=1S/C30H28ClN3O6/c1-39-21-12-7-16(15-22(21)40-2)13-14-34-27(36)23-24(28(34)37)30(19-5-3-4-6-20(19)32-29(30)38)33-25(23)26(35)17-8-10-18(31)11-9-17/h3-12,15,23-26,33,35H,13-14H2,1-2H3,(H,32,38)/t23-,24-,25+,26+,30-/m0/s1. The van der Waals surface area contributed by atoms with Gasteiger partial charge in [0.05, 0.1) is 38.2 Å². The monoisotopic (exact) mass is 561 g/mol. The van der Waals surface area contributed by atoms with Crippen LogP contribution < -0.4 is 20.1 Å². The zero-order valence-corrected chi connectivity index (χ0v) is 22.6. The highest BCUT2D eigenvalue weighted by Gasteiger charge is 2.71. The van der Waals surface area contributed by atoms with Crippen molar-refractivity contribution in [2.45, 2.75) is 24.1 Å². The smallest absolute Gasteiger partial charge is 0.250 e. The fourth-order valence-electron chi connectivity index (χ4n) is 6.38. The number of methoxy groups -OCH3 is 2. The molecule has 3 N–H and O–H groups in total. The van der Waals surface area contributed by atoms with E-state index in [-0.39, 0.29) is 6.54 Å². The molecule has 0 radical (unpaired) electrons. The van der Waals surface area contributed by atoms with Crippen LogP contribution in [0.4, 0.5) is 5.69 Å². The van der Waals surface area contributed by atoms with Crippen molar-refractivity contribution in [1.82, 2.24) is 10.2 Å².